The van der Waals surface area contributed by atoms with Gasteiger partial charge in [0.15, 0.2) is 0 Å². The standard InChI is InChI=1S/C12H12ClNOS/c13-10-4-1-3-9(7-10)12-14-11(8-16-12)5-2-6-15/h1,3-4,7-8,15H,2,5-6H2. The molecule has 0 radical (unpaired) electrons. The second kappa shape index (κ2) is 5.43. The van der Waals surface area contributed by atoms with Crippen molar-refractivity contribution in [2.75, 3.05) is 6.61 Å². The summed E-state index contributed by atoms with van der Waals surface area (Å²) in [4.78, 5) is 4.51. The van der Waals surface area contributed by atoms with Gasteiger partial charge in [0.25, 0.3) is 0 Å². The maximum Gasteiger partial charge on any atom is 0.123 e. The summed E-state index contributed by atoms with van der Waals surface area (Å²) in [6, 6.07) is 7.69. The number of aliphatic hydroxyl groups is 1. The molecule has 1 aromatic heterocycles. The molecule has 0 amide bonds. The van der Waals surface area contributed by atoms with Crippen LogP contribution >= 0.6 is 22.9 Å². The van der Waals surface area contributed by atoms with E-state index in [9.17, 15) is 0 Å². The highest BCUT2D eigenvalue weighted by Crippen LogP contribution is 2.26. The first kappa shape index (κ1) is 11.6. The van der Waals surface area contributed by atoms with Gasteiger partial charge < -0.3 is 5.11 Å². The van der Waals surface area contributed by atoms with E-state index in [1.54, 1.807) is 11.3 Å². The van der Waals surface area contributed by atoms with Gasteiger partial charge in [-0.05, 0) is 25.0 Å². The maximum absolute atomic E-state index is 8.75. The van der Waals surface area contributed by atoms with Crippen molar-refractivity contribution >= 4 is 22.9 Å². The number of aliphatic hydroxyl groups excluding tert-OH is 1. The Morgan fingerprint density at radius 2 is 2.25 bits per heavy atom. The van der Waals surface area contributed by atoms with Gasteiger partial charge in [-0.2, -0.15) is 0 Å². The van der Waals surface area contributed by atoms with Gasteiger partial charge in [0.2, 0.25) is 0 Å². The Morgan fingerprint density at radius 3 is 3.00 bits per heavy atom. The van der Waals surface area contributed by atoms with E-state index in [2.05, 4.69) is 4.98 Å². The van der Waals surface area contributed by atoms with Crippen molar-refractivity contribution in [3.05, 3.63) is 40.4 Å². The third-order valence-electron chi connectivity index (χ3n) is 2.21. The maximum atomic E-state index is 8.75. The van der Waals surface area contributed by atoms with Gasteiger partial charge in [-0.3, -0.25) is 0 Å². The van der Waals surface area contributed by atoms with Crippen LogP contribution in [0.15, 0.2) is 29.6 Å². The third-order valence-corrected chi connectivity index (χ3v) is 3.39. The fraction of sp³-hybridized carbons (Fsp3) is 0.250. The fourth-order valence-electron chi connectivity index (χ4n) is 1.44. The van der Waals surface area contributed by atoms with Crippen molar-refractivity contribution in [3.63, 3.8) is 0 Å². The van der Waals surface area contributed by atoms with Gasteiger partial charge in [-0.1, -0.05) is 23.7 Å². The number of hydrogen-bond donors (Lipinski definition) is 1. The normalized spacial score (nSPS) is 10.6. The lowest BCUT2D eigenvalue weighted by Gasteiger charge is -1.96. The molecule has 0 bridgehead atoms. The van der Waals surface area contributed by atoms with Crippen molar-refractivity contribution in [3.8, 4) is 10.6 Å². The molecule has 2 rings (SSSR count). The molecule has 1 N–H and O–H groups in total. The Balaban J connectivity index is 2.18. The summed E-state index contributed by atoms with van der Waals surface area (Å²) >= 11 is 7.54. The molecule has 16 heavy (non-hydrogen) atoms. The molecular formula is C12H12ClNOS. The zero-order valence-corrected chi connectivity index (χ0v) is 10.3. The average Bonchev–Trinajstić information content (AvgIpc) is 2.75. The highest BCUT2D eigenvalue weighted by atomic mass is 35.5. The Kier molecular flexibility index (Phi) is 3.93. The Labute approximate surface area is 104 Å². The van der Waals surface area contributed by atoms with E-state index >= 15 is 0 Å². The van der Waals surface area contributed by atoms with E-state index < -0.39 is 0 Å². The van der Waals surface area contributed by atoms with Gasteiger partial charge in [0, 0.05) is 22.6 Å². The number of nitrogens with zero attached hydrogens (tertiary/aromatic N) is 1. The highest BCUT2D eigenvalue weighted by Gasteiger charge is 2.04. The van der Waals surface area contributed by atoms with Crippen LogP contribution in [0.2, 0.25) is 5.02 Å². The molecule has 1 aromatic carbocycles. The quantitative estimate of drug-likeness (QED) is 0.906. The minimum atomic E-state index is 0.212. The monoisotopic (exact) mass is 253 g/mol. The molecule has 0 aliphatic carbocycles. The Morgan fingerprint density at radius 1 is 1.38 bits per heavy atom. The van der Waals surface area contributed by atoms with Crippen LogP contribution in [0, 0.1) is 0 Å². The summed E-state index contributed by atoms with van der Waals surface area (Å²) in [6.45, 7) is 0.212. The van der Waals surface area contributed by atoms with Gasteiger partial charge in [-0.15, -0.1) is 11.3 Å². The first-order chi connectivity index (χ1) is 7.79. The zero-order valence-electron chi connectivity index (χ0n) is 8.69. The third kappa shape index (κ3) is 2.82. The first-order valence-electron chi connectivity index (χ1n) is 5.11. The van der Waals surface area contributed by atoms with Crippen molar-refractivity contribution in [1.82, 2.24) is 4.98 Å². The Hall–Kier alpha value is -0.900. The van der Waals surface area contributed by atoms with E-state index in [1.165, 1.54) is 0 Å². The topological polar surface area (TPSA) is 33.1 Å². The number of hydrogen-bond acceptors (Lipinski definition) is 3. The minimum Gasteiger partial charge on any atom is -0.396 e. The zero-order chi connectivity index (χ0) is 11.4. The molecule has 0 spiro atoms. The van der Waals surface area contributed by atoms with Crippen LogP contribution in [0.4, 0.5) is 0 Å². The second-order valence-electron chi connectivity index (χ2n) is 3.48. The minimum absolute atomic E-state index is 0.212. The molecule has 0 saturated carbocycles. The number of aryl methyl sites for hydroxylation is 1. The smallest absolute Gasteiger partial charge is 0.123 e. The highest BCUT2D eigenvalue weighted by molar-refractivity contribution is 7.13. The summed E-state index contributed by atoms with van der Waals surface area (Å²) in [6.07, 6.45) is 1.59. The summed E-state index contributed by atoms with van der Waals surface area (Å²) in [5.74, 6) is 0. The van der Waals surface area contributed by atoms with Crippen LogP contribution in [-0.4, -0.2) is 16.7 Å². The van der Waals surface area contributed by atoms with Crippen LogP contribution < -0.4 is 0 Å². The molecular weight excluding hydrogens is 242 g/mol. The van der Waals surface area contributed by atoms with E-state index in [1.807, 2.05) is 29.6 Å². The summed E-state index contributed by atoms with van der Waals surface area (Å²) in [5, 5.41) is 12.5. The molecule has 84 valence electrons. The second-order valence-corrected chi connectivity index (χ2v) is 4.78. The Bertz CT molecular complexity index is 470. The molecule has 2 aromatic rings. The van der Waals surface area contributed by atoms with Crippen LogP contribution in [0.3, 0.4) is 0 Å². The van der Waals surface area contributed by atoms with Gasteiger partial charge in [0.05, 0.1) is 5.69 Å². The molecule has 0 atom stereocenters. The van der Waals surface area contributed by atoms with Crippen LogP contribution in [-0.2, 0) is 6.42 Å². The lowest BCUT2D eigenvalue weighted by molar-refractivity contribution is 0.288. The predicted molar refractivity (Wildman–Crippen MR) is 68.0 cm³/mol. The van der Waals surface area contributed by atoms with Crippen molar-refractivity contribution in [2.24, 2.45) is 0 Å². The molecule has 0 aliphatic rings. The van der Waals surface area contributed by atoms with Gasteiger partial charge in [0.1, 0.15) is 5.01 Å². The van der Waals surface area contributed by atoms with Gasteiger partial charge >= 0.3 is 0 Å². The van der Waals surface area contributed by atoms with Crippen molar-refractivity contribution in [2.45, 2.75) is 12.8 Å². The first-order valence-corrected chi connectivity index (χ1v) is 6.36. The van der Waals surface area contributed by atoms with Crippen LogP contribution in [0.25, 0.3) is 10.6 Å². The fourth-order valence-corrected chi connectivity index (χ4v) is 2.48. The summed E-state index contributed by atoms with van der Waals surface area (Å²) < 4.78 is 0. The molecule has 0 aliphatic heterocycles. The van der Waals surface area contributed by atoms with E-state index in [4.69, 9.17) is 16.7 Å². The lowest BCUT2D eigenvalue weighted by Crippen LogP contribution is -1.89. The SMILES string of the molecule is OCCCc1csc(-c2cccc(Cl)c2)n1. The lowest BCUT2D eigenvalue weighted by atomic mass is 10.2. The van der Waals surface area contributed by atoms with E-state index in [-0.39, 0.29) is 6.61 Å². The summed E-state index contributed by atoms with van der Waals surface area (Å²) in [7, 11) is 0. The summed E-state index contributed by atoms with van der Waals surface area (Å²) in [5.41, 5.74) is 2.08. The van der Waals surface area contributed by atoms with Gasteiger partial charge in [-0.25, -0.2) is 4.98 Å². The molecule has 0 saturated heterocycles. The number of aromatic nitrogens is 1. The predicted octanol–water partition coefficient (Wildman–Crippen LogP) is 3.39. The van der Waals surface area contributed by atoms with Crippen LogP contribution in [0.5, 0.6) is 0 Å². The molecule has 0 unspecified atom stereocenters. The molecule has 2 nitrogen and oxygen atoms in total. The van der Waals surface area contributed by atoms with E-state index in [0.29, 0.717) is 0 Å². The van der Waals surface area contributed by atoms with Crippen LogP contribution in [0.1, 0.15) is 12.1 Å². The average molecular weight is 254 g/mol. The number of benzene rings is 1. The molecule has 0 fully saturated rings. The number of halogens is 1. The number of thiazole rings is 1. The molecule has 1 heterocycles. The van der Waals surface area contributed by atoms with Crippen molar-refractivity contribution < 1.29 is 5.11 Å². The number of rotatable bonds is 4. The van der Waals surface area contributed by atoms with Crippen molar-refractivity contribution in [1.29, 1.82) is 0 Å². The largest absolute Gasteiger partial charge is 0.396 e. The molecule has 4 heteroatoms. The van der Waals surface area contributed by atoms with E-state index in [0.717, 1.165) is 34.1 Å².